The average Bonchev–Trinajstić information content (AvgIpc) is 2.27. The molecule has 1 rings (SSSR count). The van der Waals surface area contributed by atoms with Gasteiger partial charge in [0, 0.05) is 6.04 Å². The molecule has 0 aliphatic carbocycles. The summed E-state index contributed by atoms with van der Waals surface area (Å²) in [5.41, 5.74) is 5.01. The van der Waals surface area contributed by atoms with Crippen molar-refractivity contribution in [2.75, 3.05) is 0 Å². The minimum absolute atomic E-state index is 0.207. The minimum atomic E-state index is -4.54. The van der Waals surface area contributed by atoms with Gasteiger partial charge in [-0.05, 0) is 30.2 Å². The summed E-state index contributed by atoms with van der Waals surface area (Å²) in [5, 5.41) is 0. The van der Waals surface area contributed by atoms with Crippen molar-refractivity contribution in [1.82, 2.24) is 0 Å². The Morgan fingerprint density at radius 1 is 1.17 bits per heavy atom. The first-order valence-electron chi connectivity index (χ1n) is 5.98. The summed E-state index contributed by atoms with van der Waals surface area (Å²) in [6.45, 7) is 2.02. The molecule has 1 atom stereocenters. The van der Waals surface area contributed by atoms with Crippen molar-refractivity contribution in [3.63, 3.8) is 0 Å². The van der Waals surface area contributed by atoms with Crippen LogP contribution in [0.25, 0.3) is 0 Å². The van der Waals surface area contributed by atoms with E-state index in [1.165, 1.54) is 0 Å². The summed E-state index contributed by atoms with van der Waals surface area (Å²) in [6, 6.07) is 1.95. The van der Waals surface area contributed by atoms with Crippen LogP contribution in [0, 0.1) is 5.82 Å². The minimum Gasteiger partial charge on any atom is -0.324 e. The van der Waals surface area contributed by atoms with Crippen LogP contribution in [-0.2, 0) is 6.18 Å². The zero-order valence-electron chi connectivity index (χ0n) is 10.2. The van der Waals surface area contributed by atoms with E-state index in [-0.39, 0.29) is 5.56 Å². The molecule has 0 fully saturated rings. The van der Waals surface area contributed by atoms with Gasteiger partial charge in [-0.2, -0.15) is 13.2 Å². The van der Waals surface area contributed by atoms with Gasteiger partial charge < -0.3 is 5.73 Å². The van der Waals surface area contributed by atoms with E-state index in [1.54, 1.807) is 0 Å². The van der Waals surface area contributed by atoms with Gasteiger partial charge in [-0.3, -0.25) is 0 Å². The van der Waals surface area contributed by atoms with Crippen molar-refractivity contribution in [3.8, 4) is 0 Å². The Hall–Kier alpha value is -1.10. The van der Waals surface area contributed by atoms with Crippen LogP contribution in [0.5, 0.6) is 0 Å². The van der Waals surface area contributed by atoms with Gasteiger partial charge >= 0.3 is 6.18 Å². The largest absolute Gasteiger partial charge is 0.416 e. The number of halogens is 4. The van der Waals surface area contributed by atoms with Crippen LogP contribution >= 0.6 is 0 Å². The van der Waals surface area contributed by atoms with Crippen molar-refractivity contribution >= 4 is 0 Å². The molecular formula is C13H17F4N. The molecule has 0 aliphatic heterocycles. The summed E-state index contributed by atoms with van der Waals surface area (Å²) in [6.07, 6.45) is -1.18. The molecule has 0 unspecified atom stereocenters. The highest BCUT2D eigenvalue weighted by molar-refractivity contribution is 5.28. The standard InChI is InChI=1S/C13H17F4N/c1-2-3-4-5-12(18)9-6-10(13(15,16)17)8-11(14)7-9/h6-8,12H,2-5,18H2,1H3/t12-/m1/s1. The van der Waals surface area contributed by atoms with Gasteiger partial charge in [-0.1, -0.05) is 26.2 Å². The third kappa shape index (κ3) is 4.29. The number of unbranched alkanes of at least 4 members (excludes halogenated alkanes) is 2. The van der Waals surface area contributed by atoms with Crippen molar-refractivity contribution in [3.05, 3.63) is 35.1 Å². The van der Waals surface area contributed by atoms with E-state index >= 15 is 0 Å². The Morgan fingerprint density at radius 3 is 2.39 bits per heavy atom. The van der Waals surface area contributed by atoms with Crippen LogP contribution in [0.1, 0.15) is 49.8 Å². The fourth-order valence-electron chi connectivity index (χ4n) is 1.77. The Balaban J connectivity index is 2.85. The van der Waals surface area contributed by atoms with E-state index < -0.39 is 23.6 Å². The van der Waals surface area contributed by atoms with Crippen molar-refractivity contribution in [1.29, 1.82) is 0 Å². The molecule has 2 N–H and O–H groups in total. The molecule has 0 saturated heterocycles. The predicted octanol–water partition coefficient (Wildman–Crippen LogP) is 4.42. The van der Waals surface area contributed by atoms with E-state index in [9.17, 15) is 17.6 Å². The van der Waals surface area contributed by atoms with Crippen molar-refractivity contribution < 1.29 is 17.6 Å². The molecule has 0 aromatic heterocycles. The van der Waals surface area contributed by atoms with E-state index in [0.717, 1.165) is 31.4 Å². The summed E-state index contributed by atoms with van der Waals surface area (Å²) in [4.78, 5) is 0. The zero-order valence-corrected chi connectivity index (χ0v) is 10.2. The molecule has 0 amide bonds. The van der Waals surface area contributed by atoms with Crippen LogP contribution in [0.2, 0.25) is 0 Å². The molecule has 5 heteroatoms. The number of hydrogen-bond donors (Lipinski definition) is 1. The number of rotatable bonds is 5. The normalized spacial score (nSPS) is 13.7. The van der Waals surface area contributed by atoms with Gasteiger partial charge in [-0.25, -0.2) is 4.39 Å². The topological polar surface area (TPSA) is 26.0 Å². The number of nitrogens with two attached hydrogens (primary N) is 1. The molecule has 102 valence electrons. The molecule has 1 aromatic rings. The molecular weight excluding hydrogens is 246 g/mol. The van der Waals surface area contributed by atoms with Gasteiger partial charge in [0.05, 0.1) is 5.56 Å². The lowest BCUT2D eigenvalue weighted by Crippen LogP contribution is -2.13. The molecule has 0 radical (unpaired) electrons. The highest BCUT2D eigenvalue weighted by atomic mass is 19.4. The second-order valence-electron chi connectivity index (χ2n) is 4.37. The molecule has 1 nitrogen and oxygen atoms in total. The summed E-state index contributed by atoms with van der Waals surface area (Å²) in [5.74, 6) is -0.897. The number of benzene rings is 1. The van der Waals surface area contributed by atoms with Crippen LogP contribution in [0.4, 0.5) is 17.6 Å². The van der Waals surface area contributed by atoms with Crippen molar-refractivity contribution in [2.45, 2.75) is 44.8 Å². The molecule has 0 saturated carbocycles. The van der Waals surface area contributed by atoms with Gasteiger partial charge in [0.15, 0.2) is 0 Å². The summed E-state index contributed by atoms with van der Waals surface area (Å²) >= 11 is 0. The Labute approximate surface area is 104 Å². The van der Waals surface area contributed by atoms with Crippen LogP contribution in [0.3, 0.4) is 0 Å². The van der Waals surface area contributed by atoms with Gasteiger partial charge in [-0.15, -0.1) is 0 Å². The number of alkyl halides is 3. The lowest BCUT2D eigenvalue weighted by molar-refractivity contribution is -0.137. The highest BCUT2D eigenvalue weighted by Crippen LogP contribution is 2.32. The monoisotopic (exact) mass is 263 g/mol. The third-order valence-electron chi connectivity index (χ3n) is 2.79. The molecule has 0 spiro atoms. The molecule has 18 heavy (non-hydrogen) atoms. The molecule has 1 aromatic carbocycles. The van der Waals surface area contributed by atoms with E-state index in [4.69, 9.17) is 5.73 Å². The van der Waals surface area contributed by atoms with Gasteiger partial charge in [0.1, 0.15) is 5.82 Å². The predicted molar refractivity (Wildman–Crippen MR) is 62.5 cm³/mol. The van der Waals surface area contributed by atoms with Crippen LogP contribution in [0.15, 0.2) is 18.2 Å². The molecule has 0 bridgehead atoms. The number of hydrogen-bond acceptors (Lipinski definition) is 1. The SMILES string of the molecule is CCCCC[C@@H](N)c1cc(F)cc(C(F)(F)F)c1. The van der Waals surface area contributed by atoms with E-state index in [1.807, 2.05) is 6.92 Å². The Kier molecular flexibility index (Phi) is 5.14. The maximum absolute atomic E-state index is 13.2. The zero-order chi connectivity index (χ0) is 13.8. The summed E-state index contributed by atoms with van der Waals surface area (Å²) in [7, 11) is 0. The average molecular weight is 263 g/mol. The second-order valence-corrected chi connectivity index (χ2v) is 4.37. The molecule has 0 aliphatic rings. The first-order chi connectivity index (χ1) is 8.34. The quantitative estimate of drug-likeness (QED) is 0.617. The maximum atomic E-state index is 13.2. The first kappa shape index (κ1) is 15.0. The van der Waals surface area contributed by atoms with Crippen molar-refractivity contribution in [2.24, 2.45) is 5.73 Å². The van der Waals surface area contributed by atoms with Crippen LogP contribution < -0.4 is 5.73 Å². The second kappa shape index (κ2) is 6.18. The fraction of sp³-hybridized carbons (Fsp3) is 0.538. The highest BCUT2D eigenvalue weighted by Gasteiger charge is 2.31. The fourth-order valence-corrected chi connectivity index (χ4v) is 1.77. The van der Waals surface area contributed by atoms with Gasteiger partial charge in [0.2, 0.25) is 0 Å². The first-order valence-corrected chi connectivity index (χ1v) is 5.98. The summed E-state index contributed by atoms with van der Waals surface area (Å²) < 4.78 is 50.7. The van der Waals surface area contributed by atoms with E-state index in [2.05, 4.69) is 0 Å². The lowest BCUT2D eigenvalue weighted by atomic mass is 9.99. The Morgan fingerprint density at radius 2 is 1.83 bits per heavy atom. The lowest BCUT2D eigenvalue weighted by Gasteiger charge is -2.14. The van der Waals surface area contributed by atoms with Crippen LogP contribution in [-0.4, -0.2) is 0 Å². The van der Waals surface area contributed by atoms with Gasteiger partial charge in [0.25, 0.3) is 0 Å². The Bertz CT molecular complexity index is 387. The van der Waals surface area contributed by atoms with E-state index in [0.29, 0.717) is 12.5 Å². The molecule has 0 heterocycles. The smallest absolute Gasteiger partial charge is 0.324 e. The maximum Gasteiger partial charge on any atom is 0.416 e. The third-order valence-corrected chi connectivity index (χ3v) is 2.79.